The van der Waals surface area contributed by atoms with Gasteiger partial charge in [-0.1, -0.05) is 6.07 Å². The first-order valence-corrected chi connectivity index (χ1v) is 14.4. The van der Waals surface area contributed by atoms with Gasteiger partial charge in [-0.3, -0.25) is 14.7 Å². The van der Waals surface area contributed by atoms with Crippen molar-refractivity contribution in [1.82, 2.24) is 40.6 Å². The van der Waals surface area contributed by atoms with Crippen LogP contribution >= 0.6 is 0 Å². The van der Waals surface area contributed by atoms with Crippen molar-refractivity contribution in [3.05, 3.63) is 76.8 Å². The molecule has 1 fully saturated rings. The molecule has 4 aromatic heterocycles. The van der Waals surface area contributed by atoms with Gasteiger partial charge in [0.25, 0.3) is 11.8 Å². The molecule has 2 aliphatic rings. The van der Waals surface area contributed by atoms with Gasteiger partial charge in [0.2, 0.25) is 0 Å². The number of aromatic amines is 1. The zero-order valence-electron chi connectivity index (χ0n) is 24.3. The molecule has 0 unspecified atom stereocenters. The van der Waals surface area contributed by atoms with Crippen molar-refractivity contribution < 1.29 is 18.7 Å². The van der Waals surface area contributed by atoms with Gasteiger partial charge in [-0.2, -0.15) is 10.2 Å². The maximum Gasteiger partial charge on any atom is 0.253 e. The van der Waals surface area contributed by atoms with Crippen LogP contribution in [0, 0.1) is 12.7 Å². The van der Waals surface area contributed by atoms with E-state index in [0.717, 1.165) is 28.7 Å². The van der Waals surface area contributed by atoms with Crippen LogP contribution in [-0.4, -0.2) is 61.0 Å². The van der Waals surface area contributed by atoms with Gasteiger partial charge < -0.3 is 20.7 Å². The van der Waals surface area contributed by atoms with Gasteiger partial charge in [0.1, 0.15) is 11.4 Å². The van der Waals surface area contributed by atoms with Crippen LogP contribution in [0.2, 0.25) is 0 Å². The van der Waals surface area contributed by atoms with E-state index >= 15 is 0 Å². The molecule has 1 aliphatic carbocycles. The third-order valence-electron chi connectivity index (χ3n) is 8.39. The van der Waals surface area contributed by atoms with Crippen molar-refractivity contribution in [2.24, 2.45) is 0 Å². The van der Waals surface area contributed by atoms with E-state index in [0.29, 0.717) is 61.7 Å². The standard InChI is InChI=1S/C30H34FN9O3/c1-17-12-24(39-38-17)36-23-13-20-8-11-32-28(41)26(20)27(37-23)19-6-9-30(43-3,10-7-19)29(42)35-18(2)21-4-5-25(33-14-21)40-16-22(31)15-34-40/h4-5,12-16,18-19H,6-11H2,1-3H3,(H,32,41)(H,35,42)(H2,36,37,38,39)/t18-,19-,30+/m0/s1. The summed E-state index contributed by atoms with van der Waals surface area (Å²) in [5.74, 6) is 0.998. The number of fused-ring (bicyclic) bond motifs is 1. The van der Waals surface area contributed by atoms with Gasteiger partial charge >= 0.3 is 0 Å². The summed E-state index contributed by atoms with van der Waals surface area (Å²) < 4.78 is 20.6. The number of rotatable bonds is 8. The number of nitrogens with zero attached hydrogens (tertiary/aromatic N) is 5. The third-order valence-corrected chi connectivity index (χ3v) is 8.39. The van der Waals surface area contributed by atoms with Gasteiger partial charge in [-0.05, 0) is 69.2 Å². The van der Waals surface area contributed by atoms with Gasteiger partial charge in [0, 0.05) is 37.5 Å². The molecule has 0 spiro atoms. The summed E-state index contributed by atoms with van der Waals surface area (Å²) in [6, 6.07) is 7.04. The Morgan fingerprint density at radius 3 is 2.67 bits per heavy atom. The fourth-order valence-corrected chi connectivity index (χ4v) is 5.96. The second-order valence-corrected chi connectivity index (χ2v) is 11.2. The smallest absolute Gasteiger partial charge is 0.253 e. The molecular formula is C30H34FN9O3. The van der Waals surface area contributed by atoms with Gasteiger partial charge in [0.05, 0.1) is 29.7 Å². The Morgan fingerprint density at radius 2 is 2.02 bits per heavy atom. The van der Waals surface area contributed by atoms with E-state index in [1.807, 2.05) is 32.0 Å². The lowest BCUT2D eigenvalue weighted by atomic mass is 9.75. The van der Waals surface area contributed by atoms with E-state index in [-0.39, 0.29) is 23.8 Å². The number of amides is 2. The van der Waals surface area contributed by atoms with Crippen LogP contribution in [0.4, 0.5) is 16.0 Å². The molecule has 0 radical (unpaired) electrons. The molecule has 6 rings (SSSR count). The minimum absolute atomic E-state index is 0.0161. The highest BCUT2D eigenvalue weighted by atomic mass is 19.1. The fourth-order valence-electron chi connectivity index (χ4n) is 5.96. The lowest BCUT2D eigenvalue weighted by Gasteiger charge is -2.39. The van der Waals surface area contributed by atoms with E-state index in [9.17, 15) is 14.0 Å². The topological polar surface area (TPSA) is 152 Å². The number of pyridine rings is 2. The van der Waals surface area contributed by atoms with Crippen molar-refractivity contribution in [2.75, 3.05) is 19.0 Å². The Bertz CT molecular complexity index is 1640. The van der Waals surface area contributed by atoms with Crippen LogP contribution in [0.5, 0.6) is 0 Å². The fraction of sp³-hybridized carbons (Fsp3) is 0.400. The molecule has 5 heterocycles. The van der Waals surface area contributed by atoms with E-state index in [1.165, 1.54) is 10.9 Å². The molecule has 1 aliphatic heterocycles. The zero-order valence-corrected chi connectivity index (χ0v) is 24.3. The molecule has 4 N–H and O–H groups in total. The number of hydrogen-bond donors (Lipinski definition) is 4. The molecule has 43 heavy (non-hydrogen) atoms. The maximum atomic E-state index is 13.6. The molecule has 1 atom stereocenters. The summed E-state index contributed by atoms with van der Waals surface area (Å²) in [5.41, 5.74) is 3.05. The van der Waals surface area contributed by atoms with Crippen molar-refractivity contribution in [2.45, 2.75) is 63.5 Å². The second-order valence-electron chi connectivity index (χ2n) is 11.2. The summed E-state index contributed by atoms with van der Waals surface area (Å²) in [6.07, 6.45) is 6.93. The Labute approximate surface area is 247 Å². The predicted octanol–water partition coefficient (Wildman–Crippen LogP) is 3.78. The van der Waals surface area contributed by atoms with Crippen LogP contribution < -0.4 is 16.0 Å². The molecule has 0 aromatic carbocycles. The van der Waals surface area contributed by atoms with Gasteiger partial charge in [-0.15, -0.1) is 0 Å². The van der Waals surface area contributed by atoms with Crippen molar-refractivity contribution in [1.29, 1.82) is 0 Å². The van der Waals surface area contributed by atoms with Crippen molar-refractivity contribution >= 4 is 23.5 Å². The SMILES string of the molecule is CO[C@]1(C(=O)N[C@@H](C)c2ccc(-n3cc(F)cn3)nc2)CC[C@H](c2nc(Nc3cc(C)[nH]n3)cc3c2C(=O)NCC3)CC1. The molecule has 13 heteroatoms. The minimum atomic E-state index is -1.00. The number of aromatic nitrogens is 6. The van der Waals surface area contributed by atoms with Crippen LogP contribution in [0.1, 0.15) is 77.4 Å². The monoisotopic (exact) mass is 587 g/mol. The zero-order chi connectivity index (χ0) is 30.1. The summed E-state index contributed by atoms with van der Waals surface area (Å²) in [4.78, 5) is 35.8. The average molecular weight is 588 g/mol. The van der Waals surface area contributed by atoms with E-state index < -0.39 is 11.4 Å². The summed E-state index contributed by atoms with van der Waals surface area (Å²) >= 11 is 0. The second kappa shape index (κ2) is 11.6. The Hall–Kier alpha value is -4.65. The summed E-state index contributed by atoms with van der Waals surface area (Å²) in [7, 11) is 1.56. The van der Waals surface area contributed by atoms with Crippen LogP contribution in [0.3, 0.4) is 0 Å². The van der Waals surface area contributed by atoms with Crippen LogP contribution in [0.15, 0.2) is 42.9 Å². The van der Waals surface area contributed by atoms with E-state index in [1.54, 1.807) is 19.4 Å². The molecule has 12 nitrogen and oxygen atoms in total. The Morgan fingerprint density at radius 1 is 1.21 bits per heavy atom. The quantitative estimate of drug-likeness (QED) is 0.243. The maximum absolute atomic E-state index is 13.6. The van der Waals surface area contributed by atoms with Crippen molar-refractivity contribution in [3.63, 3.8) is 0 Å². The third kappa shape index (κ3) is 5.72. The number of halogens is 1. The summed E-state index contributed by atoms with van der Waals surface area (Å²) in [6.45, 7) is 4.38. The number of ether oxygens (including phenoxy) is 1. The molecule has 2 amide bonds. The highest BCUT2D eigenvalue weighted by Gasteiger charge is 2.44. The Kier molecular flexibility index (Phi) is 7.65. The largest absolute Gasteiger partial charge is 0.368 e. The minimum Gasteiger partial charge on any atom is -0.368 e. The molecule has 4 aromatic rings. The molecule has 1 saturated carbocycles. The molecule has 0 bridgehead atoms. The number of aryl methyl sites for hydroxylation is 1. The van der Waals surface area contributed by atoms with E-state index in [2.05, 4.69) is 36.2 Å². The first-order chi connectivity index (χ1) is 20.7. The predicted molar refractivity (Wildman–Crippen MR) is 156 cm³/mol. The normalized spacial score (nSPS) is 20.7. The Balaban J connectivity index is 1.16. The molecular weight excluding hydrogens is 553 g/mol. The lowest BCUT2D eigenvalue weighted by molar-refractivity contribution is -0.148. The number of carbonyl (C=O) groups is 2. The van der Waals surface area contributed by atoms with E-state index in [4.69, 9.17) is 9.72 Å². The first-order valence-electron chi connectivity index (χ1n) is 14.4. The molecule has 0 saturated heterocycles. The average Bonchev–Trinajstić information content (AvgIpc) is 3.64. The number of hydrogen-bond acceptors (Lipinski definition) is 8. The van der Waals surface area contributed by atoms with Crippen LogP contribution in [0.25, 0.3) is 5.82 Å². The number of carbonyl (C=O) groups excluding carboxylic acids is 2. The van der Waals surface area contributed by atoms with Gasteiger partial charge in [0.15, 0.2) is 17.5 Å². The first kappa shape index (κ1) is 28.5. The number of nitrogens with one attached hydrogen (secondary N) is 4. The number of methoxy groups -OCH3 is 1. The van der Waals surface area contributed by atoms with Crippen molar-refractivity contribution in [3.8, 4) is 5.82 Å². The highest BCUT2D eigenvalue weighted by molar-refractivity contribution is 5.98. The lowest BCUT2D eigenvalue weighted by Crippen LogP contribution is -2.51. The summed E-state index contributed by atoms with van der Waals surface area (Å²) in [5, 5.41) is 20.4. The highest BCUT2D eigenvalue weighted by Crippen LogP contribution is 2.42. The number of anilines is 2. The van der Waals surface area contributed by atoms with Crippen LogP contribution in [-0.2, 0) is 16.0 Å². The van der Waals surface area contributed by atoms with Gasteiger partial charge in [-0.25, -0.2) is 19.0 Å². The number of H-pyrrole nitrogens is 1. The molecule has 224 valence electrons.